The number of rotatable bonds is 7. The summed E-state index contributed by atoms with van der Waals surface area (Å²) in [5.41, 5.74) is 3.26. The van der Waals surface area contributed by atoms with Gasteiger partial charge in [0.15, 0.2) is 28.2 Å². The molecule has 0 N–H and O–H groups in total. The predicted octanol–water partition coefficient (Wildman–Crippen LogP) is 4.36. The molecule has 1 aliphatic heterocycles. The summed E-state index contributed by atoms with van der Waals surface area (Å²) in [4.78, 5) is 15.5. The molecule has 8 nitrogen and oxygen atoms in total. The molecule has 0 unspecified atom stereocenters. The van der Waals surface area contributed by atoms with Crippen LogP contribution in [-0.4, -0.2) is 52.1 Å². The van der Waals surface area contributed by atoms with Gasteiger partial charge in [-0.2, -0.15) is 0 Å². The zero-order valence-corrected chi connectivity index (χ0v) is 20.6. The standard InChI is InChI=1S/C26H26N4O4S/c1-29-25(20-10-7-13-34-20)27-28-26(29)35-16-23(31)30-12-11-18-14-21(32-2)22(33-3)15-19(18)24(30)17-8-5-4-6-9-17/h4-10,13-15,24H,11-12,16H2,1-3H3/t24-/m1/s1. The van der Waals surface area contributed by atoms with Gasteiger partial charge in [-0.05, 0) is 47.4 Å². The van der Waals surface area contributed by atoms with E-state index in [-0.39, 0.29) is 17.7 Å². The maximum atomic E-state index is 13.6. The Balaban J connectivity index is 1.42. The van der Waals surface area contributed by atoms with Crippen molar-refractivity contribution in [2.45, 2.75) is 17.6 Å². The van der Waals surface area contributed by atoms with Crippen molar-refractivity contribution in [3.8, 4) is 23.1 Å². The molecule has 35 heavy (non-hydrogen) atoms. The zero-order chi connectivity index (χ0) is 24.4. The van der Waals surface area contributed by atoms with Crippen molar-refractivity contribution < 1.29 is 18.7 Å². The van der Waals surface area contributed by atoms with E-state index < -0.39 is 0 Å². The molecule has 0 radical (unpaired) electrons. The zero-order valence-electron chi connectivity index (χ0n) is 19.8. The molecular weight excluding hydrogens is 464 g/mol. The second kappa shape index (κ2) is 9.87. The van der Waals surface area contributed by atoms with Crippen molar-refractivity contribution >= 4 is 17.7 Å². The summed E-state index contributed by atoms with van der Waals surface area (Å²) in [5, 5.41) is 9.14. The van der Waals surface area contributed by atoms with Crippen molar-refractivity contribution in [3.63, 3.8) is 0 Å². The molecule has 9 heteroatoms. The minimum absolute atomic E-state index is 0.0341. The molecule has 1 atom stereocenters. The fraction of sp³-hybridized carbons (Fsp3) is 0.269. The first-order valence-electron chi connectivity index (χ1n) is 11.3. The lowest BCUT2D eigenvalue weighted by Gasteiger charge is -2.38. The Hall–Kier alpha value is -3.72. The first kappa shape index (κ1) is 23.0. The van der Waals surface area contributed by atoms with Gasteiger partial charge in [-0.1, -0.05) is 42.1 Å². The molecule has 0 aliphatic carbocycles. The molecule has 0 saturated carbocycles. The van der Waals surface area contributed by atoms with Gasteiger partial charge in [-0.3, -0.25) is 4.79 Å². The van der Waals surface area contributed by atoms with Gasteiger partial charge in [-0.15, -0.1) is 10.2 Å². The van der Waals surface area contributed by atoms with E-state index in [9.17, 15) is 4.79 Å². The van der Waals surface area contributed by atoms with E-state index >= 15 is 0 Å². The van der Waals surface area contributed by atoms with Crippen LogP contribution in [0.2, 0.25) is 0 Å². The molecule has 2 aromatic carbocycles. The van der Waals surface area contributed by atoms with Crippen molar-refractivity contribution in [1.82, 2.24) is 19.7 Å². The Morgan fingerprint density at radius 1 is 1.09 bits per heavy atom. The number of thioether (sulfide) groups is 1. The molecule has 180 valence electrons. The molecule has 0 bridgehead atoms. The van der Waals surface area contributed by atoms with Crippen molar-refractivity contribution in [3.05, 3.63) is 77.6 Å². The number of benzene rings is 2. The lowest BCUT2D eigenvalue weighted by Crippen LogP contribution is -2.41. The van der Waals surface area contributed by atoms with Gasteiger partial charge in [0.25, 0.3) is 0 Å². The first-order valence-corrected chi connectivity index (χ1v) is 12.2. The maximum Gasteiger partial charge on any atom is 0.233 e. The smallest absolute Gasteiger partial charge is 0.233 e. The Labute approximate surface area is 207 Å². The topological polar surface area (TPSA) is 82.6 Å². The van der Waals surface area contributed by atoms with Gasteiger partial charge in [0, 0.05) is 13.6 Å². The Morgan fingerprint density at radius 3 is 2.57 bits per heavy atom. The summed E-state index contributed by atoms with van der Waals surface area (Å²) in [7, 11) is 5.13. The summed E-state index contributed by atoms with van der Waals surface area (Å²) < 4.78 is 18.4. The van der Waals surface area contributed by atoms with Crippen LogP contribution in [0.15, 0.2) is 70.4 Å². The number of methoxy groups -OCH3 is 2. The Morgan fingerprint density at radius 2 is 1.86 bits per heavy atom. The van der Waals surface area contributed by atoms with E-state index in [0.717, 1.165) is 23.1 Å². The average molecular weight is 491 g/mol. The Bertz CT molecular complexity index is 1320. The molecule has 0 spiro atoms. The third-order valence-electron chi connectivity index (χ3n) is 6.21. The van der Waals surface area contributed by atoms with Crippen LogP contribution in [0.25, 0.3) is 11.6 Å². The van der Waals surface area contributed by atoms with E-state index in [1.54, 1.807) is 20.5 Å². The molecular formula is C26H26N4O4S. The molecule has 2 aromatic heterocycles. The fourth-order valence-electron chi connectivity index (χ4n) is 4.48. The van der Waals surface area contributed by atoms with Crippen LogP contribution < -0.4 is 9.47 Å². The van der Waals surface area contributed by atoms with Crippen LogP contribution in [0.3, 0.4) is 0 Å². The minimum Gasteiger partial charge on any atom is -0.493 e. The normalized spacial score (nSPS) is 15.1. The van der Waals surface area contributed by atoms with Crippen molar-refractivity contribution in [2.24, 2.45) is 7.05 Å². The van der Waals surface area contributed by atoms with Gasteiger partial charge in [0.1, 0.15) is 0 Å². The SMILES string of the molecule is COc1cc2c(cc1OC)[C@@H](c1ccccc1)N(C(=O)CSc1nnc(-c3ccco3)n1C)CC2. The van der Waals surface area contributed by atoms with E-state index in [2.05, 4.69) is 22.3 Å². The molecule has 3 heterocycles. The van der Waals surface area contributed by atoms with Crippen molar-refractivity contribution in [2.75, 3.05) is 26.5 Å². The molecule has 4 aromatic rings. The summed E-state index contributed by atoms with van der Waals surface area (Å²) in [6.45, 7) is 0.609. The highest BCUT2D eigenvalue weighted by atomic mass is 32.2. The number of nitrogens with zero attached hydrogens (tertiary/aromatic N) is 4. The predicted molar refractivity (Wildman–Crippen MR) is 133 cm³/mol. The second-order valence-corrected chi connectivity index (χ2v) is 9.13. The third kappa shape index (κ3) is 4.39. The molecule has 1 amide bonds. The van der Waals surface area contributed by atoms with Crippen LogP contribution in [0.5, 0.6) is 11.5 Å². The molecule has 0 saturated heterocycles. The number of carbonyl (C=O) groups excluding carboxylic acids is 1. The monoisotopic (exact) mass is 490 g/mol. The van der Waals surface area contributed by atoms with Crippen molar-refractivity contribution in [1.29, 1.82) is 0 Å². The van der Waals surface area contributed by atoms with Gasteiger partial charge in [0.2, 0.25) is 5.91 Å². The molecule has 5 rings (SSSR count). The highest BCUT2D eigenvalue weighted by Gasteiger charge is 2.33. The molecule has 1 aliphatic rings. The lowest BCUT2D eigenvalue weighted by molar-refractivity contribution is -0.130. The number of hydrogen-bond acceptors (Lipinski definition) is 7. The highest BCUT2D eigenvalue weighted by Crippen LogP contribution is 2.41. The largest absolute Gasteiger partial charge is 0.493 e. The van der Waals surface area contributed by atoms with Crippen LogP contribution in [-0.2, 0) is 18.3 Å². The van der Waals surface area contributed by atoms with Crippen LogP contribution >= 0.6 is 11.8 Å². The Kier molecular flexibility index (Phi) is 6.50. The number of fused-ring (bicyclic) bond motifs is 1. The third-order valence-corrected chi connectivity index (χ3v) is 7.22. The number of amides is 1. The number of ether oxygens (including phenoxy) is 2. The fourth-order valence-corrected chi connectivity index (χ4v) is 5.28. The summed E-state index contributed by atoms with van der Waals surface area (Å²) >= 11 is 1.37. The van der Waals surface area contributed by atoms with E-state index in [4.69, 9.17) is 13.9 Å². The summed E-state index contributed by atoms with van der Waals surface area (Å²) in [6.07, 6.45) is 2.34. The number of furan rings is 1. The van der Waals surface area contributed by atoms with E-state index in [1.165, 1.54) is 11.8 Å². The number of aromatic nitrogens is 3. The van der Waals surface area contributed by atoms with Crippen LogP contribution in [0.1, 0.15) is 22.7 Å². The quantitative estimate of drug-likeness (QED) is 0.356. The first-order chi connectivity index (χ1) is 17.1. The van der Waals surface area contributed by atoms with Crippen LogP contribution in [0.4, 0.5) is 0 Å². The van der Waals surface area contributed by atoms with Gasteiger partial charge in [-0.25, -0.2) is 0 Å². The average Bonchev–Trinajstić information content (AvgIpc) is 3.55. The number of hydrogen-bond donors (Lipinski definition) is 0. The molecule has 0 fully saturated rings. The van der Waals surface area contributed by atoms with Gasteiger partial charge in [0.05, 0.1) is 32.3 Å². The number of carbonyl (C=O) groups is 1. The lowest BCUT2D eigenvalue weighted by atomic mass is 9.87. The van der Waals surface area contributed by atoms with Crippen LogP contribution in [0, 0.1) is 0 Å². The minimum atomic E-state index is -0.217. The second-order valence-electron chi connectivity index (χ2n) is 8.19. The maximum absolute atomic E-state index is 13.6. The summed E-state index contributed by atoms with van der Waals surface area (Å²) in [6, 6.07) is 17.5. The van der Waals surface area contributed by atoms with E-state index in [1.807, 2.05) is 59.0 Å². The van der Waals surface area contributed by atoms with E-state index in [0.29, 0.717) is 34.8 Å². The summed E-state index contributed by atoms with van der Waals surface area (Å²) in [5.74, 6) is 2.89. The van der Waals surface area contributed by atoms with Gasteiger partial charge >= 0.3 is 0 Å². The highest BCUT2D eigenvalue weighted by molar-refractivity contribution is 7.99. The van der Waals surface area contributed by atoms with Gasteiger partial charge < -0.3 is 23.4 Å².